The van der Waals surface area contributed by atoms with E-state index in [2.05, 4.69) is 27.7 Å². The molecule has 0 atom stereocenters. The topological polar surface area (TPSA) is 65.1 Å². The third kappa shape index (κ3) is 4.02. The van der Waals surface area contributed by atoms with Crippen LogP contribution in [0.3, 0.4) is 0 Å². The van der Waals surface area contributed by atoms with Gasteiger partial charge in [-0.3, -0.25) is 4.68 Å². The molecule has 1 N–H and O–H groups in total. The number of nitrogens with zero attached hydrogens (tertiary/aromatic N) is 3. The molecular formula is C18H22N4O2. The van der Waals surface area contributed by atoms with Crippen LogP contribution < -0.4 is 10.1 Å². The predicted molar refractivity (Wildman–Crippen MR) is 90.5 cm³/mol. The Hall–Kier alpha value is -2.60. The minimum atomic E-state index is 0.472. The highest BCUT2D eigenvalue weighted by atomic mass is 16.5. The molecular weight excluding hydrogens is 304 g/mol. The van der Waals surface area contributed by atoms with E-state index in [0.29, 0.717) is 6.61 Å². The number of aryl methyl sites for hydroxylation is 3. The van der Waals surface area contributed by atoms with Crippen molar-refractivity contribution in [2.75, 3.05) is 0 Å². The number of rotatable bonds is 7. The van der Waals surface area contributed by atoms with Crippen LogP contribution in [0.2, 0.25) is 0 Å². The number of hydrogen-bond acceptors (Lipinski definition) is 5. The summed E-state index contributed by atoms with van der Waals surface area (Å²) < 4.78 is 12.8. The molecule has 0 aliphatic rings. The lowest BCUT2D eigenvalue weighted by molar-refractivity contribution is 0.301. The minimum Gasteiger partial charge on any atom is -0.489 e. The van der Waals surface area contributed by atoms with Gasteiger partial charge in [-0.1, -0.05) is 17.3 Å². The van der Waals surface area contributed by atoms with Crippen LogP contribution in [0.5, 0.6) is 5.75 Å². The molecule has 126 valence electrons. The molecule has 0 fully saturated rings. The van der Waals surface area contributed by atoms with Gasteiger partial charge in [0, 0.05) is 31.9 Å². The Balaban J connectivity index is 1.48. The average Bonchev–Trinajstić information content (AvgIpc) is 3.13. The molecule has 0 unspecified atom stereocenters. The number of benzene rings is 1. The lowest BCUT2D eigenvalue weighted by Crippen LogP contribution is -2.12. The molecule has 3 rings (SSSR count). The Morgan fingerprint density at radius 2 is 1.88 bits per heavy atom. The van der Waals surface area contributed by atoms with Gasteiger partial charge in [-0.25, -0.2) is 0 Å². The van der Waals surface area contributed by atoms with Gasteiger partial charge in [-0.05, 0) is 31.5 Å². The fourth-order valence-electron chi connectivity index (χ4n) is 2.48. The van der Waals surface area contributed by atoms with Gasteiger partial charge in [-0.15, -0.1) is 0 Å². The predicted octanol–water partition coefficient (Wildman–Crippen LogP) is 2.89. The highest BCUT2D eigenvalue weighted by Crippen LogP contribution is 2.18. The maximum atomic E-state index is 5.81. The maximum absolute atomic E-state index is 5.81. The van der Waals surface area contributed by atoms with Crippen LogP contribution in [0.4, 0.5) is 0 Å². The van der Waals surface area contributed by atoms with E-state index in [1.807, 2.05) is 50.1 Å². The summed E-state index contributed by atoms with van der Waals surface area (Å²) >= 11 is 0. The lowest BCUT2D eigenvalue weighted by Gasteiger charge is -2.08. The molecule has 0 bridgehead atoms. The second kappa shape index (κ2) is 7.31. The fourth-order valence-corrected chi connectivity index (χ4v) is 2.48. The SMILES string of the molecule is Cc1noc(C)c1COc1ccc(CNCc2cnn(C)c2)cc1. The van der Waals surface area contributed by atoms with Gasteiger partial charge in [0.1, 0.15) is 18.1 Å². The van der Waals surface area contributed by atoms with E-state index in [-0.39, 0.29) is 0 Å². The summed E-state index contributed by atoms with van der Waals surface area (Å²) in [4.78, 5) is 0. The first-order valence-electron chi connectivity index (χ1n) is 7.93. The summed E-state index contributed by atoms with van der Waals surface area (Å²) in [7, 11) is 1.92. The number of aromatic nitrogens is 3. The van der Waals surface area contributed by atoms with Crippen LogP contribution in [0.25, 0.3) is 0 Å². The van der Waals surface area contributed by atoms with Crippen molar-refractivity contribution in [3.63, 3.8) is 0 Å². The number of hydrogen-bond donors (Lipinski definition) is 1. The van der Waals surface area contributed by atoms with Crippen molar-refractivity contribution in [1.29, 1.82) is 0 Å². The third-order valence-electron chi connectivity index (χ3n) is 3.90. The first kappa shape index (κ1) is 16.3. The van der Waals surface area contributed by atoms with Crippen LogP contribution in [-0.2, 0) is 26.7 Å². The van der Waals surface area contributed by atoms with Crippen LogP contribution in [0.1, 0.15) is 28.1 Å². The van der Waals surface area contributed by atoms with Crippen molar-refractivity contribution in [2.24, 2.45) is 7.05 Å². The van der Waals surface area contributed by atoms with Crippen molar-refractivity contribution in [2.45, 2.75) is 33.5 Å². The molecule has 0 radical (unpaired) electrons. The van der Waals surface area contributed by atoms with E-state index in [1.165, 1.54) is 11.1 Å². The number of nitrogens with one attached hydrogen (secondary N) is 1. The molecule has 2 heterocycles. The van der Waals surface area contributed by atoms with Crippen LogP contribution in [0, 0.1) is 13.8 Å². The van der Waals surface area contributed by atoms with Crippen LogP contribution in [0.15, 0.2) is 41.2 Å². The summed E-state index contributed by atoms with van der Waals surface area (Å²) in [5.74, 6) is 1.65. The van der Waals surface area contributed by atoms with Crippen LogP contribution in [-0.4, -0.2) is 14.9 Å². The Kier molecular flexibility index (Phi) is 4.96. The molecule has 6 heteroatoms. The Labute approximate surface area is 141 Å². The van der Waals surface area contributed by atoms with Gasteiger partial charge in [-0.2, -0.15) is 5.10 Å². The molecule has 0 aliphatic carbocycles. The normalized spacial score (nSPS) is 11.0. The summed E-state index contributed by atoms with van der Waals surface area (Å²) in [6.45, 7) is 5.90. The monoisotopic (exact) mass is 326 g/mol. The van der Waals surface area contributed by atoms with Gasteiger partial charge in [0.15, 0.2) is 0 Å². The molecule has 0 spiro atoms. The van der Waals surface area contributed by atoms with Crippen LogP contribution >= 0.6 is 0 Å². The summed E-state index contributed by atoms with van der Waals surface area (Å²) in [6, 6.07) is 8.11. The molecule has 24 heavy (non-hydrogen) atoms. The molecule has 0 amide bonds. The Morgan fingerprint density at radius 1 is 1.12 bits per heavy atom. The molecule has 0 saturated carbocycles. The van der Waals surface area contributed by atoms with E-state index in [0.717, 1.165) is 35.9 Å². The van der Waals surface area contributed by atoms with Gasteiger partial charge < -0.3 is 14.6 Å². The van der Waals surface area contributed by atoms with Crippen molar-refractivity contribution < 1.29 is 9.26 Å². The molecule has 0 saturated heterocycles. The molecule has 3 aromatic rings. The Bertz CT molecular complexity index is 770. The Morgan fingerprint density at radius 3 is 2.50 bits per heavy atom. The summed E-state index contributed by atoms with van der Waals surface area (Å²) in [6.07, 6.45) is 3.89. The van der Waals surface area contributed by atoms with Gasteiger partial charge in [0.2, 0.25) is 0 Å². The fraction of sp³-hybridized carbons (Fsp3) is 0.333. The van der Waals surface area contributed by atoms with Crippen molar-refractivity contribution >= 4 is 0 Å². The summed E-state index contributed by atoms with van der Waals surface area (Å²) in [5.41, 5.74) is 4.28. The van der Waals surface area contributed by atoms with Gasteiger partial charge in [0.25, 0.3) is 0 Å². The van der Waals surface area contributed by atoms with Gasteiger partial charge >= 0.3 is 0 Å². The highest BCUT2D eigenvalue weighted by molar-refractivity contribution is 5.28. The van der Waals surface area contributed by atoms with E-state index in [9.17, 15) is 0 Å². The second-order valence-electron chi connectivity index (χ2n) is 5.86. The maximum Gasteiger partial charge on any atom is 0.140 e. The standard InChI is InChI=1S/C18H22N4O2/c1-13-18(14(2)24-21-13)12-23-17-6-4-15(5-7-17)8-19-9-16-10-20-22(3)11-16/h4-7,10-11,19H,8-9,12H2,1-3H3. The minimum absolute atomic E-state index is 0.472. The van der Waals surface area contributed by atoms with E-state index in [4.69, 9.17) is 9.26 Å². The van der Waals surface area contributed by atoms with E-state index in [1.54, 1.807) is 0 Å². The summed E-state index contributed by atoms with van der Waals surface area (Å²) in [5, 5.41) is 11.5. The zero-order valence-electron chi connectivity index (χ0n) is 14.2. The first-order chi connectivity index (χ1) is 11.6. The third-order valence-corrected chi connectivity index (χ3v) is 3.90. The molecule has 2 aromatic heterocycles. The molecule has 1 aromatic carbocycles. The largest absolute Gasteiger partial charge is 0.489 e. The van der Waals surface area contributed by atoms with Crippen molar-refractivity contribution in [1.82, 2.24) is 20.3 Å². The molecule has 0 aliphatic heterocycles. The van der Waals surface area contributed by atoms with E-state index < -0.39 is 0 Å². The van der Waals surface area contributed by atoms with Crippen molar-refractivity contribution in [3.8, 4) is 5.75 Å². The average molecular weight is 326 g/mol. The second-order valence-corrected chi connectivity index (χ2v) is 5.86. The zero-order chi connectivity index (χ0) is 16.9. The lowest BCUT2D eigenvalue weighted by atomic mass is 10.2. The smallest absolute Gasteiger partial charge is 0.140 e. The highest BCUT2D eigenvalue weighted by Gasteiger charge is 2.09. The molecule has 6 nitrogen and oxygen atoms in total. The van der Waals surface area contributed by atoms with Gasteiger partial charge in [0.05, 0.1) is 17.5 Å². The van der Waals surface area contributed by atoms with Crippen molar-refractivity contribution in [3.05, 3.63) is 64.8 Å². The zero-order valence-corrected chi connectivity index (χ0v) is 14.2. The van der Waals surface area contributed by atoms with E-state index >= 15 is 0 Å². The quantitative estimate of drug-likeness (QED) is 0.723. The first-order valence-corrected chi connectivity index (χ1v) is 7.93. The number of ether oxygens (including phenoxy) is 1.